The molecule has 0 saturated heterocycles. The van der Waals surface area contributed by atoms with E-state index < -0.39 is 0 Å². The van der Waals surface area contributed by atoms with Gasteiger partial charge in [-0.2, -0.15) is 0 Å². The van der Waals surface area contributed by atoms with Crippen LogP contribution in [0.2, 0.25) is 0 Å². The van der Waals surface area contributed by atoms with Gasteiger partial charge in [-0.05, 0) is 120 Å². The summed E-state index contributed by atoms with van der Waals surface area (Å²) in [5.74, 6) is 0. The molecular formula is C60H47N. The molecule has 2 aliphatic rings. The molecule has 11 rings (SSSR count). The smallest absolute Gasteiger partial charge is 0.0546 e. The van der Waals surface area contributed by atoms with E-state index in [0.29, 0.717) is 0 Å². The molecule has 0 unspecified atom stereocenters. The van der Waals surface area contributed by atoms with E-state index in [0.717, 1.165) is 17.1 Å². The van der Waals surface area contributed by atoms with Crippen molar-refractivity contribution >= 4 is 17.1 Å². The summed E-state index contributed by atoms with van der Waals surface area (Å²) in [6.07, 6.45) is 0. The van der Waals surface area contributed by atoms with Crippen LogP contribution < -0.4 is 4.90 Å². The quantitative estimate of drug-likeness (QED) is 0.156. The molecule has 292 valence electrons. The predicted molar refractivity (Wildman–Crippen MR) is 258 cm³/mol. The lowest BCUT2D eigenvalue weighted by molar-refractivity contribution is 0.660. The van der Waals surface area contributed by atoms with Gasteiger partial charge in [0, 0.05) is 27.8 Å². The van der Waals surface area contributed by atoms with E-state index in [1.165, 1.54) is 89.0 Å². The van der Waals surface area contributed by atoms with E-state index in [9.17, 15) is 0 Å². The Bertz CT molecular complexity index is 3030. The Morgan fingerprint density at radius 3 is 1.30 bits per heavy atom. The standard InChI is InChI=1S/C60H47N/c1-59(2)53-30-15-13-26-48(53)50-35-33-44(38-55(50)59)61(45-34-36-51-49-27-14-16-31-54(49)60(3,4)56(51)39-45)57-32-18-29-47(43-24-17-23-42(37-43)40-19-7-5-8-20-40)58(57)52-28-12-11-25-46(52)41-21-9-6-10-22-41/h5-39H,1-4H3. The second-order valence-corrected chi connectivity index (χ2v) is 17.7. The van der Waals surface area contributed by atoms with Gasteiger partial charge in [-0.15, -0.1) is 0 Å². The fourth-order valence-electron chi connectivity index (χ4n) is 10.4. The van der Waals surface area contributed by atoms with Crippen molar-refractivity contribution in [1.29, 1.82) is 0 Å². The molecule has 0 heterocycles. The maximum atomic E-state index is 2.54. The normalized spacial score (nSPS) is 13.8. The largest absolute Gasteiger partial charge is 0.310 e. The molecule has 9 aromatic carbocycles. The fraction of sp³-hybridized carbons (Fsp3) is 0.100. The number of hydrogen-bond donors (Lipinski definition) is 0. The van der Waals surface area contributed by atoms with Crippen LogP contribution in [0.1, 0.15) is 49.9 Å². The molecule has 0 N–H and O–H groups in total. The van der Waals surface area contributed by atoms with Crippen molar-refractivity contribution in [2.75, 3.05) is 4.90 Å². The zero-order chi connectivity index (χ0) is 41.3. The van der Waals surface area contributed by atoms with Crippen LogP contribution >= 0.6 is 0 Å². The first-order valence-electron chi connectivity index (χ1n) is 21.5. The Hall–Kier alpha value is -7.22. The lowest BCUT2D eigenvalue weighted by Gasteiger charge is -2.32. The third kappa shape index (κ3) is 5.91. The molecule has 0 saturated carbocycles. The summed E-state index contributed by atoms with van der Waals surface area (Å²) in [6, 6.07) is 78.7. The van der Waals surface area contributed by atoms with E-state index in [1.807, 2.05) is 0 Å². The topological polar surface area (TPSA) is 3.24 Å². The first-order valence-corrected chi connectivity index (χ1v) is 21.5. The molecule has 0 aromatic heterocycles. The fourth-order valence-corrected chi connectivity index (χ4v) is 10.4. The molecule has 0 aliphatic heterocycles. The molecule has 0 bridgehead atoms. The van der Waals surface area contributed by atoms with E-state index in [4.69, 9.17) is 0 Å². The van der Waals surface area contributed by atoms with Crippen molar-refractivity contribution in [1.82, 2.24) is 0 Å². The molecule has 1 heteroatoms. The van der Waals surface area contributed by atoms with Crippen LogP contribution in [-0.2, 0) is 10.8 Å². The lowest BCUT2D eigenvalue weighted by atomic mass is 9.82. The average Bonchev–Trinajstić information content (AvgIpc) is 3.68. The average molecular weight is 782 g/mol. The van der Waals surface area contributed by atoms with Crippen LogP contribution in [0.15, 0.2) is 212 Å². The third-order valence-electron chi connectivity index (χ3n) is 13.5. The van der Waals surface area contributed by atoms with Gasteiger partial charge in [0.05, 0.1) is 5.69 Å². The molecule has 0 amide bonds. The number of fused-ring (bicyclic) bond motifs is 6. The molecule has 0 radical (unpaired) electrons. The van der Waals surface area contributed by atoms with E-state index in [-0.39, 0.29) is 10.8 Å². The van der Waals surface area contributed by atoms with E-state index in [2.05, 4.69) is 245 Å². The number of nitrogens with zero attached hydrogens (tertiary/aromatic N) is 1. The predicted octanol–water partition coefficient (Wildman–Crippen LogP) is 16.4. The zero-order valence-corrected chi connectivity index (χ0v) is 35.2. The van der Waals surface area contributed by atoms with E-state index >= 15 is 0 Å². The van der Waals surface area contributed by atoms with Gasteiger partial charge in [-0.25, -0.2) is 0 Å². The Balaban J connectivity index is 1.21. The minimum atomic E-state index is -0.155. The highest BCUT2D eigenvalue weighted by Crippen LogP contribution is 2.55. The van der Waals surface area contributed by atoms with Crippen LogP contribution in [0.3, 0.4) is 0 Å². The first kappa shape index (κ1) is 36.8. The minimum absolute atomic E-state index is 0.155. The van der Waals surface area contributed by atoms with Gasteiger partial charge in [0.1, 0.15) is 0 Å². The Labute approximate surface area is 360 Å². The second kappa shape index (κ2) is 14.2. The highest BCUT2D eigenvalue weighted by atomic mass is 15.1. The number of hydrogen-bond acceptors (Lipinski definition) is 1. The van der Waals surface area contributed by atoms with Crippen LogP contribution in [0, 0.1) is 0 Å². The summed E-state index contributed by atoms with van der Waals surface area (Å²) in [7, 11) is 0. The second-order valence-electron chi connectivity index (χ2n) is 17.7. The zero-order valence-electron chi connectivity index (χ0n) is 35.2. The summed E-state index contributed by atoms with van der Waals surface area (Å²) in [5.41, 5.74) is 23.4. The summed E-state index contributed by atoms with van der Waals surface area (Å²) in [5, 5.41) is 0. The molecule has 2 aliphatic carbocycles. The molecule has 0 spiro atoms. The summed E-state index contributed by atoms with van der Waals surface area (Å²) >= 11 is 0. The molecule has 0 atom stereocenters. The van der Waals surface area contributed by atoms with Gasteiger partial charge in [-0.3, -0.25) is 0 Å². The summed E-state index contributed by atoms with van der Waals surface area (Å²) < 4.78 is 0. The highest BCUT2D eigenvalue weighted by molar-refractivity contribution is 6.02. The Morgan fingerprint density at radius 2 is 0.705 bits per heavy atom. The molecule has 0 fully saturated rings. The van der Waals surface area contributed by atoms with Crippen molar-refractivity contribution < 1.29 is 0 Å². The van der Waals surface area contributed by atoms with Gasteiger partial charge in [-0.1, -0.05) is 204 Å². The third-order valence-corrected chi connectivity index (χ3v) is 13.5. The highest BCUT2D eigenvalue weighted by Gasteiger charge is 2.38. The minimum Gasteiger partial charge on any atom is -0.310 e. The van der Waals surface area contributed by atoms with Crippen LogP contribution in [0.5, 0.6) is 0 Å². The summed E-state index contributed by atoms with van der Waals surface area (Å²) in [6.45, 7) is 9.51. The lowest BCUT2D eigenvalue weighted by Crippen LogP contribution is -2.18. The Morgan fingerprint density at radius 1 is 0.279 bits per heavy atom. The molecule has 1 nitrogen and oxygen atoms in total. The maximum Gasteiger partial charge on any atom is 0.0546 e. The van der Waals surface area contributed by atoms with Crippen molar-refractivity contribution in [2.24, 2.45) is 0 Å². The van der Waals surface area contributed by atoms with Crippen molar-refractivity contribution in [3.05, 3.63) is 235 Å². The Kier molecular flexibility index (Phi) is 8.58. The number of anilines is 3. The van der Waals surface area contributed by atoms with Gasteiger partial charge in [0.15, 0.2) is 0 Å². The van der Waals surface area contributed by atoms with Gasteiger partial charge in [0.25, 0.3) is 0 Å². The first-order chi connectivity index (χ1) is 29.8. The summed E-state index contributed by atoms with van der Waals surface area (Å²) in [4.78, 5) is 2.54. The molecule has 9 aromatic rings. The molecular weight excluding hydrogens is 735 g/mol. The number of benzene rings is 9. The maximum absolute atomic E-state index is 2.54. The van der Waals surface area contributed by atoms with Crippen LogP contribution in [0.4, 0.5) is 17.1 Å². The van der Waals surface area contributed by atoms with Crippen LogP contribution in [-0.4, -0.2) is 0 Å². The molecule has 61 heavy (non-hydrogen) atoms. The number of rotatable bonds is 7. The van der Waals surface area contributed by atoms with Crippen molar-refractivity contribution in [2.45, 2.75) is 38.5 Å². The van der Waals surface area contributed by atoms with Gasteiger partial charge < -0.3 is 4.90 Å². The van der Waals surface area contributed by atoms with Gasteiger partial charge in [0.2, 0.25) is 0 Å². The SMILES string of the molecule is CC1(C)c2ccccc2-c2ccc(N(c3ccc4c(c3)C(C)(C)c3ccccc3-4)c3cccc(-c4cccc(-c5ccccc5)c4)c3-c3ccccc3-c3ccccc3)cc21. The van der Waals surface area contributed by atoms with Crippen molar-refractivity contribution in [3.63, 3.8) is 0 Å². The van der Waals surface area contributed by atoms with Crippen LogP contribution in [0.25, 0.3) is 66.8 Å². The monoisotopic (exact) mass is 781 g/mol. The van der Waals surface area contributed by atoms with Gasteiger partial charge >= 0.3 is 0 Å². The van der Waals surface area contributed by atoms with E-state index in [1.54, 1.807) is 0 Å². The van der Waals surface area contributed by atoms with Crippen molar-refractivity contribution in [3.8, 4) is 66.8 Å².